The van der Waals surface area contributed by atoms with Crippen LogP contribution in [0.1, 0.15) is 22.3 Å². The molecule has 0 N–H and O–H groups in total. The van der Waals surface area contributed by atoms with E-state index in [2.05, 4.69) is 19.9 Å². The Hall–Kier alpha value is -2.28. The summed E-state index contributed by atoms with van der Waals surface area (Å²) >= 11 is 1.45. The van der Waals surface area contributed by atoms with E-state index in [1.54, 1.807) is 13.1 Å². The molecule has 0 spiro atoms. The summed E-state index contributed by atoms with van der Waals surface area (Å²) in [6.07, 6.45) is 5.62. The molecule has 0 amide bonds. The van der Waals surface area contributed by atoms with Gasteiger partial charge in [0.15, 0.2) is 5.78 Å². The minimum absolute atomic E-state index is 0.0856. The topological polar surface area (TPSA) is 65.6 Å². The van der Waals surface area contributed by atoms with Crippen molar-refractivity contribution in [1.29, 1.82) is 0 Å². The molecule has 0 aliphatic carbocycles. The molecular formula is C14H15N5OS. The van der Waals surface area contributed by atoms with E-state index in [0.717, 1.165) is 35.0 Å². The molecule has 3 aromatic heterocycles. The Kier molecular flexibility index (Phi) is 3.66. The first-order valence-electron chi connectivity index (χ1n) is 6.61. The average Bonchev–Trinajstić information content (AvgIpc) is 3.16. The average molecular weight is 301 g/mol. The van der Waals surface area contributed by atoms with Crippen molar-refractivity contribution in [3.05, 3.63) is 40.6 Å². The van der Waals surface area contributed by atoms with Crippen molar-refractivity contribution in [2.24, 2.45) is 0 Å². The highest BCUT2D eigenvalue weighted by atomic mass is 32.1. The monoisotopic (exact) mass is 301 g/mol. The Balaban J connectivity index is 1.78. The number of nitrogens with zero attached hydrogens (tertiary/aromatic N) is 5. The summed E-state index contributed by atoms with van der Waals surface area (Å²) in [6, 6.07) is 1.89. The van der Waals surface area contributed by atoms with Crippen LogP contribution in [0.4, 0.5) is 0 Å². The van der Waals surface area contributed by atoms with Gasteiger partial charge in [-0.15, -0.1) is 16.4 Å². The maximum absolute atomic E-state index is 11.4. The number of aromatic nitrogens is 5. The van der Waals surface area contributed by atoms with E-state index < -0.39 is 0 Å². The Morgan fingerprint density at radius 2 is 2.24 bits per heavy atom. The third-order valence-corrected chi connectivity index (χ3v) is 4.17. The van der Waals surface area contributed by atoms with E-state index in [0.29, 0.717) is 0 Å². The van der Waals surface area contributed by atoms with Crippen molar-refractivity contribution >= 4 is 17.1 Å². The van der Waals surface area contributed by atoms with E-state index in [9.17, 15) is 4.79 Å². The zero-order valence-corrected chi connectivity index (χ0v) is 12.7. The van der Waals surface area contributed by atoms with Gasteiger partial charge in [-0.3, -0.25) is 9.48 Å². The molecule has 3 heterocycles. The zero-order chi connectivity index (χ0) is 14.8. The van der Waals surface area contributed by atoms with Crippen LogP contribution < -0.4 is 0 Å². The molecule has 6 nitrogen and oxygen atoms in total. The lowest BCUT2D eigenvalue weighted by Gasteiger charge is -2.06. The number of thiophene rings is 1. The SMILES string of the molecule is CC(=O)c1cc(-c2nccn2CCn2cc(C)nn2)cs1. The highest BCUT2D eigenvalue weighted by molar-refractivity contribution is 7.12. The van der Waals surface area contributed by atoms with Crippen LogP contribution in [0.25, 0.3) is 11.4 Å². The second-order valence-electron chi connectivity index (χ2n) is 4.82. The molecule has 0 fully saturated rings. The molecule has 0 saturated heterocycles. The highest BCUT2D eigenvalue weighted by Gasteiger charge is 2.10. The van der Waals surface area contributed by atoms with Gasteiger partial charge in [-0.1, -0.05) is 5.21 Å². The van der Waals surface area contributed by atoms with Gasteiger partial charge in [0.25, 0.3) is 0 Å². The number of ketones is 1. The second-order valence-corrected chi connectivity index (χ2v) is 5.73. The molecule has 0 atom stereocenters. The lowest BCUT2D eigenvalue weighted by Crippen LogP contribution is -2.08. The fraction of sp³-hybridized carbons (Fsp3) is 0.286. The molecule has 21 heavy (non-hydrogen) atoms. The van der Waals surface area contributed by atoms with Crippen molar-refractivity contribution in [2.45, 2.75) is 26.9 Å². The normalized spacial score (nSPS) is 11.0. The van der Waals surface area contributed by atoms with Gasteiger partial charge in [-0.25, -0.2) is 4.98 Å². The Bertz CT molecular complexity index is 770. The van der Waals surface area contributed by atoms with Crippen molar-refractivity contribution in [2.75, 3.05) is 0 Å². The summed E-state index contributed by atoms with van der Waals surface area (Å²) in [5, 5.41) is 9.97. The minimum atomic E-state index is 0.0856. The Labute approximate surface area is 126 Å². The largest absolute Gasteiger partial charge is 0.329 e. The molecule has 0 bridgehead atoms. The fourth-order valence-corrected chi connectivity index (χ4v) is 2.89. The predicted octanol–water partition coefficient (Wildman–Crippen LogP) is 2.41. The van der Waals surface area contributed by atoms with Crippen molar-refractivity contribution in [3.8, 4) is 11.4 Å². The summed E-state index contributed by atoms with van der Waals surface area (Å²) in [5.41, 5.74) is 1.88. The smallest absolute Gasteiger partial charge is 0.169 e. The molecule has 0 aliphatic rings. The van der Waals surface area contributed by atoms with Crippen LogP contribution in [0.15, 0.2) is 30.0 Å². The summed E-state index contributed by atoms with van der Waals surface area (Å²) in [7, 11) is 0. The molecule has 0 aliphatic heterocycles. The van der Waals surface area contributed by atoms with Gasteiger partial charge in [-0.2, -0.15) is 0 Å². The lowest BCUT2D eigenvalue weighted by atomic mass is 10.2. The number of carbonyl (C=O) groups excluding carboxylic acids is 1. The van der Waals surface area contributed by atoms with E-state index in [-0.39, 0.29) is 5.78 Å². The number of hydrogen-bond acceptors (Lipinski definition) is 5. The van der Waals surface area contributed by atoms with Crippen LogP contribution in [0.3, 0.4) is 0 Å². The summed E-state index contributed by atoms with van der Waals surface area (Å²) in [6.45, 7) is 4.98. The molecule has 0 unspecified atom stereocenters. The number of imidazole rings is 1. The standard InChI is InChI=1S/C14H15N5OS/c1-10-8-19(17-16-10)6-5-18-4-3-15-14(18)12-7-13(11(2)20)21-9-12/h3-4,7-9H,5-6H2,1-2H3. The third-order valence-electron chi connectivity index (χ3n) is 3.14. The van der Waals surface area contributed by atoms with Crippen molar-refractivity contribution in [1.82, 2.24) is 24.5 Å². The first kappa shape index (κ1) is 13.7. The Morgan fingerprint density at radius 1 is 1.38 bits per heavy atom. The lowest BCUT2D eigenvalue weighted by molar-refractivity contribution is 0.102. The number of Topliss-reactive ketones (excluding diaryl/α,β-unsaturated/α-hetero) is 1. The van der Waals surface area contributed by atoms with Gasteiger partial charge in [0, 0.05) is 36.1 Å². The molecule has 0 radical (unpaired) electrons. The van der Waals surface area contributed by atoms with E-state index >= 15 is 0 Å². The molecule has 0 aromatic carbocycles. The first-order valence-corrected chi connectivity index (χ1v) is 7.49. The van der Waals surface area contributed by atoms with Gasteiger partial charge in [0.05, 0.1) is 17.1 Å². The van der Waals surface area contributed by atoms with Gasteiger partial charge in [0.1, 0.15) is 5.82 Å². The zero-order valence-electron chi connectivity index (χ0n) is 11.9. The number of aryl methyl sites for hydroxylation is 3. The minimum Gasteiger partial charge on any atom is -0.329 e. The van der Waals surface area contributed by atoms with Crippen molar-refractivity contribution in [3.63, 3.8) is 0 Å². The maximum Gasteiger partial charge on any atom is 0.169 e. The highest BCUT2D eigenvalue weighted by Crippen LogP contribution is 2.24. The predicted molar refractivity (Wildman–Crippen MR) is 80.3 cm³/mol. The molecule has 7 heteroatoms. The van der Waals surface area contributed by atoms with Crippen LogP contribution in [0.5, 0.6) is 0 Å². The van der Waals surface area contributed by atoms with E-state index in [1.165, 1.54) is 11.3 Å². The number of rotatable bonds is 5. The summed E-state index contributed by atoms with van der Waals surface area (Å²) in [4.78, 5) is 16.5. The Morgan fingerprint density at radius 3 is 2.90 bits per heavy atom. The number of hydrogen-bond donors (Lipinski definition) is 0. The summed E-state index contributed by atoms with van der Waals surface area (Å²) in [5.74, 6) is 0.957. The van der Waals surface area contributed by atoms with E-state index in [4.69, 9.17) is 0 Å². The van der Waals surface area contributed by atoms with Crippen LogP contribution >= 0.6 is 11.3 Å². The molecule has 3 rings (SSSR count). The van der Waals surface area contributed by atoms with Gasteiger partial charge < -0.3 is 4.57 Å². The first-order chi connectivity index (χ1) is 10.1. The molecular weight excluding hydrogens is 286 g/mol. The van der Waals surface area contributed by atoms with Crippen LogP contribution in [-0.2, 0) is 13.1 Å². The maximum atomic E-state index is 11.4. The molecule has 0 saturated carbocycles. The van der Waals surface area contributed by atoms with Crippen LogP contribution in [-0.4, -0.2) is 30.3 Å². The fourth-order valence-electron chi connectivity index (χ4n) is 2.10. The van der Waals surface area contributed by atoms with Crippen molar-refractivity contribution < 1.29 is 4.79 Å². The van der Waals surface area contributed by atoms with Gasteiger partial charge >= 0.3 is 0 Å². The molecule has 108 valence electrons. The summed E-state index contributed by atoms with van der Waals surface area (Å²) < 4.78 is 3.87. The third kappa shape index (κ3) is 2.92. The van der Waals surface area contributed by atoms with Crippen LogP contribution in [0, 0.1) is 6.92 Å². The van der Waals surface area contributed by atoms with Gasteiger partial charge in [-0.05, 0) is 19.9 Å². The van der Waals surface area contributed by atoms with Crippen LogP contribution in [0.2, 0.25) is 0 Å². The molecule has 3 aromatic rings. The number of carbonyl (C=O) groups is 1. The second kappa shape index (κ2) is 5.61. The van der Waals surface area contributed by atoms with E-state index in [1.807, 2.05) is 35.4 Å². The van der Waals surface area contributed by atoms with Gasteiger partial charge in [0.2, 0.25) is 0 Å². The quantitative estimate of drug-likeness (QED) is 0.679.